The first-order valence-corrected chi connectivity index (χ1v) is 8.75. The average molecular weight is 383 g/mol. The van der Waals surface area contributed by atoms with Crippen molar-refractivity contribution < 1.29 is 14.0 Å². The van der Waals surface area contributed by atoms with Crippen LogP contribution in [0.2, 0.25) is 5.02 Å². The summed E-state index contributed by atoms with van der Waals surface area (Å²) in [7, 11) is 3.04. The lowest BCUT2D eigenvalue weighted by molar-refractivity contribution is -0.138. The highest BCUT2D eigenvalue weighted by Gasteiger charge is 2.32. The highest BCUT2D eigenvalue weighted by Crippen LogP contribution is 2.31. The largest absolute Gasteiger partial charge is 0.457 e. The molecule has 1 aromatic carbocycles. The van der Waals surface area contributed by atoms with Crippen LogP contribution in [0.25, 0.3) is 17.4 Å². The fraction of sp³-hybridized carbons (Fsp3) is 0.190. The number of likely N-dealkylation sites (N-methyl/N-ethyl adjacent to an activating group) is 1. The van der Waals surface area contributed by atoms with Gasteiger partial charge in [0.15, 0.2) is 0 Å². The molecule has 2 heterocycles. The van der Waals surface area contributed by atoms with E-state index in [1.54, 1.807) is 26.1 Å². The Bertz CT molecular complexity index is 1030. The molecule has 0 bridgehead atoms. The molecule has 2 aromatic rings. The summed E-state index contributed by atoms with van der Waals surface area (Å²) in [6, 6.07) is 9.23. The Morgan fingerprint density at radius 1 is 1.11 bits per heavy atom. The number of benzene rings is 1. The summed E-state index contributed by atoms with van der Waals surface area (Å²) in [4.78, 5) is 29.9. The zero-order chi connectivity index (χ0) is 19.7. The zero-order valence-corrected chi connectivity index (χ0v) is 16.3. The maximum Gasteiger partial charge on any atom is 0.262 e. The van der Waals surface area contributed by atoms with Gasteiger partial charge in [-0.15, -0.1) is 0 Å². The van der Waals surface area contributed by atoms with E-state index in [1.165, 1.54) is 13.3 Å². The second-order valence-electron chi connectivity index (χ2n) is 6.27. The molecule has 0 saturated carbocycles. The van der Waals surface area contributed by atoms with E-state index >= 15 is 0 Å². The van der Waals surface area contributed by atoms with Crippen molar-refractivity contribution in [3.8, 4) is 11.3 Å². The van der Waals surface area contributed by atoms with Gasteiger partial charge in [0.25, 0.3) is 11.8 Å². The van der Waals surface area contributed by atoms with Crippen LogP contribution in [0.3, 0.4) is 0 Å². The van der Waals surface area contributed by atoms with Gasteiger partial charge in [-0.3, -0.25) is 19.5 Å². The molecule has 0 atom stereocenters. The van der Waals surface area contributed by atoms with Crippen molar-refractivity contribution in [3.05, 3.63) is 63.4 Å². The minimum atomic E-state index is -0.373. The highest BCUT2D eigenvalue weighted by atomic mass is 35.5. The van der Waals surface area contributed by atoms with Crippen molar-refractivity contribution in [2.45, 2.75) is 13.8 Å². The molecule has 2 amide bonds. The van der Waals surface area contributed by atoms with Gasteiger partial charge in [-0.25, -0.2) is 0 Å². The highest BCUT2D eigenvalue weighted by molar-refractivity contribution is 6.31. The van der Waals surface area contributed by atoms with Crippen LogP contribution < -0.4 is 0 Å². The molecule has 0 fully saturated rings. The van der Waals surface area contributed by atoms with Crippen LogP contribution >= 0.6 is 11.6 Å². The van der Waals surface area contributed by atoms with Crippen LogP contribution in [0.1, 0.15) is 18.2 Å². The molecule has 0 N–H and O–H groups in total. The number of imide groups is 1. The number of rotatable bonds is 3. The minimum Gasteiger partial charge on any atom is -0.457 e. The quantitative estimate of drug-likeness (QED) is 0.451. The molecule has 0 spiro atoms. The number of amides is 2. The van der Waals surface area contributed by atoms with Crippen LogP contribution in [0.4, 0.5) is 0 Å². The van der Waals surface area contributed by atoms with Gasteiger partial charge >= 0.3 is 0 Å². The third-order valence-electron chi connectivity index (χ3n) is 4.58. The van der Waals surface area contributed by atoms with Gasteiger partial charge in [0.2, 0.25) is 0 Å². The summed E-state index contributed by atoms with van der Waals surface area (Å²) in [6.45, 7) is 3.66. The summed E-state index contributed by atoms with van der Waals surface area (Å²) in [6.07, 6.45) is 3.12. The maximum atomic E-state index is 12.6. The maximum absolute atomic E-state index is 12.6. The second-order valence-corrected chi connectivity index (χ2v) is 6.67. The number of hydrogen-bond acceptors (Lipinski definition) is 4. The van der Waals surface area contributed by atoms with Gasteiger partial charge in [-0.2, -0.15) is 0 Å². The van der Waals surface area contributed by atoms with Crippen LogP contribution in [0.15, 0.2) is 56.5 Å². The lowest BCUT2D eigenvalue weighted by Gasteiger charge is -2.24. The lowest BCUT2D eigenvalue weighted by atomic mass is 9.95. The van der Waals surface area contributed by atoms with E-state index < -0.39 is 0 Å². The summed E-state index contributed by atoms with van der Waals surface area (Å²) in [5, 5.41) is 0.661. The molecule has 27 heavy (non-hydrogen) atoms. The first-order valence-electron chi connectivity index (χ1n) is 8.38. The summed E-state index contributed by atoms with van der Waals surface area (Å²) in [5.41, 5.74) is 3.18. The number of halogens is 1. The normalized spacial score (nSPS) is 16.9. The third-order valence-corrected chi connectivity index (χ3v) is 4.99. The predicted octanol–water partition coefficient (Wildman–Crippen LogP) is 4.31. The molecule has 3 rings (SSSR count). The Labute approximate surface area is 162 Å². The zero-order valence-electron chi connectivity index (χ0n) is 15.5. The number of furan rings is 1. The summed E-state index contributed by atoms with van der Waals surface area (Å²) < 4.78 is 5.92. The number of carbonyl (C=O) groups is 2. The fourth-order valence-corrected chi connectivity index (χ4v) is 3.14. The first-order chi connectivity index (χ1) is 12.8. The first kappa shape index (κ1) is 18.9. The molecule has 1 aliphatic rings. The van der Waals surface area contributed by atoms with Crippen molar-refractivity contribution in [1.82, 2.24) is 4.90 Å². The van der Waals surface area contributed by atoms with Crippen molar-refractivity contribution in [2.24, 2.45) is 4.99 Å². The standard InChI is InChI=1S/C21H19ClN2O3/c1-12-16(20(25)24(4)21(26)17(12)11-23-3)10-14-8-9-19(27-14)15-6-5-7-18(22)13(15)2/h5-11H,1-4H3/b16-10+,23-11+. The third kappa shape index (κ3) is 3.38. The molecule has 0 saturated heterocycles. The Balaban J connectivity index is 2.06. The number of hydrogen-bond donors (Lipinski definition) is 0. The van der Waals surface area contributed by atoms with Gasteiger partial charge in [0.1, 0.15) is 11.5 Å². The summed E-state index contributed by atoms with van der Waals surface area (Å²) >= 11 is 6.19. The van der Waals surface area contributed by atoms with E-state index in [4.69, 9.17) is 16.0 Å². The van der Waals surface area contributed by atoms with E-state index in [0.717, 1.165) is 16.0 Å². The molecular weight excluding hydrogens is 364 g/mol. The van der Waals surface area contributed by atoms with Crippen molar-refractivity contribution in [3.63, 3.8) is 0 Å². The van der Waals surface area contributed by atoms with Crippen LogP contribution in [-0.4, -0.2) is 37.0 Å². The van der Waals surface area contributed by atoms with Gasteiger partial charge in [0.05, 0.1) is 5.57 Å². The molecule has 138 valence electrons. The fourth-order valence-electron chi connectivity index (χ4n) is 2.96. The van der Waals surface area contributed by atoms with Crippen molar-refractivity contribution >= 4 is 35.7 Å². The van der Waals surface area contributed by atoms with Gasteiger partial charge in [0, 0.05) is 36.5 Å². The SMILES string of the molecule is C/N=C/C1=C(C)C(=C\c2ccc(-c3cccc(Cl)c3C)o2)/C(=O)N(C)C1=O. The smallest absolute Gasteiger partial charge is 0.262 e. The monoisotopic (exact) mass is 382 g/mol. The topological polar surface area (TPSA) is 62.9 Å². The Hall–Kier alpha value is -2.92. The molecule has 0 aliphatic carbocycles. The van der Waals surface area contributed by atoms with Gasteiger partial charge < -0.3 is 4.42 Å². The lowest BCUT2D eigenvalue weighted by Crippen LogP contribution is -2.40. The molecule has 1 aliphatic heterocycles. The summed E-state index contributed by atoms with van der Waals surface area (Å²) in [5.74, 6) is 0.437. The van der Waals surface area contributed by atoms with Crippen molar-refractivity contribution in [2.75, 3.05) is 14.1 Å². The Kier molecular flexibility index (Phi) is 5.15. The molecule has 5 nitrogen and oxygen atoms in total. The number of nitrogens with zero attached hydrogens (tertiary/aromatic N) is 2. The Morgan fingerprint density at radius 3 is 2.56 bits per heavy atom. The second kappa shape index (κ2) is 7.37. The van der Waals surface area contributed by atoms with Crippen LogP contribution in [0, 0.1) is 6.92 Å². The van der Waals surface area contributed by atoms with Gasteiger partial charge in [-0.05, 0) is 49.3 Å². The van der Waals surface area contributed by atoms with E-state index in [0.29, 0.717) is 33.3 Å². The molecule has 0 radical (unpaired) electrons. The Morgan fingerprint density at radius 2 is 1.85 bits per heavy atom. The minimum absolute atomic E-state index is 0.366. The average Bonchev–Trinajstić information content (AvgIpc) is 3.11. The van der Waals surface area contributed by atoms with Gasteiger partial charge in [-0.1, -0.05) is 23.7 Å². The number of carbonyl (C=O) groups excluding carboxylic acids is 2. The van der Waals surface area contributed by atoms with E-state index in [9.17, 15) is 9.59 Å². The predicted molar refractivity (Wildman–Crippen MR) is 107 cm³/mol. The molecule has 0 unspecified atom stereocenters. The molecule has 6 heteroatoms. The number of aliphatic imine (C=N–C) groups is 1. The molecule has 1 aromatic heterocycles. The van der Waals surface area contributed by atoms with Crippen molar-refractivity contribution in [1.29, 1.82) is 0 Å². The van der Waals surface area contributed by atoms with Crippen LogP contribution in [-0.2, 0) is 9.59 Å². The molecular formula is C21H19ClN2O3. The van der Waals surface area contributed by atoms with E-state index in [1.807, 2.05) is 31.2 Å². The van der Waals surface area contributed by atoms with E-state index in [2.05, 4.69) is 4.99 Å². The van der Waals surface area contributed by atoms with Crippen LogP contribution in [0.5, 0.6) is 0 Å². The van der Waals surface area contributed by atoms with E-state index in [-0.39, 0.29) is 11.8 Å².